The van der Waals surface area contributed by atoms with E-state index in [1.165, 1.54) is 11.8 Å². The van der Waals surface area contributed by atoms with Crippen LogP contribution in [-0.4, -0.2) is 20.4 Å². The molecule has 0 aliphatic carbocycles. The molecule has 0 saturated heterocycles. The lowest BCUT2D eigenvalue weighted by Gasteiger charge is -2.12. The molecule has 0 amide bonds. The Balaban J connectivity index is 2.85. The number of rotatable bonds is 5. The van der Waals surface area contributed by atoms with Crippen LogP contribution in [0.2, 0.25) is 0 Å². The minimum absolute atomic E-state index is 0.0241. The van der Waals surface area contributed by atoms with Crippen molar-refractivity contribution in [1.82, 2.24) is 9.55 Å². The van der Waals surface area contributed by atoms with Gasteiger partial charge in [0.15, 0.2) is 5.16 Å². The Bertz CT molecular complexity index is 352. The summed E-state index contributed by atoms with van der Waals surface area (Å²) in [5.74, 6) is 3.71. The zero-order valence-electron chi connectivity index (χ0n) is 9.10. The molecule has 1 N–H and O–H groups in total. The van der Waals surface area contributed by atoms with Gasteiger partial charge in [0.1, 0.15) is 0 Å². The van der Waals surface area contributed by atoms with Crippen molar-refractivity contribution in [2.45, 2.75) is 32.2 Å². The van der Waals surface area contributed by atoms with Crippen LogP contribution < -0.4 is 0 Å². The second-order valence-corrected chi connectivity index (χ2v) is 4.63. The van der Waals surface area contributed by atoms with Crippen LogP contribution in [0.15, 0.2) is 11.4 Å². The number of imidazole rings is 1. The summed E-state index contributed by atoms with van der Waals surface area (Å²) in [7, 11) is 0. The fourth-order valence-electron chi connectivity index (χ4n) is 1.30. The Morgan fingerprint density at radius 3 is 2.93 bits per heavy atom. The highest BCUT2D eigenvalue weighted by atomic mass is 32.2. The SMILES string of the molecule is C#CCSc1ncc(CO)n1CC(C)C. The van der Waals surface area contributed by atoms with Gasteiger partial charge in [-0.2, -0.15) is 0 Å². The van der Waals surface area contributed by atoms with Gasteiger partial charge in [-0.3, -0.25) is 0 Å². The van der Waals surface area contributed by atoms with Crippen LogP contribution in [-0.2, 0) is 13.2 Å². The van der Waals surface area contributed by atoms with Gasteiger partial charge in [0.25, 0.3) is 0 Å². The van der Waals surface area contributed by atoms with Crippen LogP contribution in [0.3, 0.4) is 0 Å². The normalized spacial score (nSPS) is 10.6. The molecule has 4 heteroatoms. The molecule has 1 heterocycles. The monoisotopic (exact) mass is 224 g/mol. The van der Waals surface area contributed by atoms with E-state index in [1.807, 2.05) is 4.57 Å². The summed E-state index contributed by atoms with van der Waals surface area (Å²) >= 11 is 1.53. The fourth-order valence-corrected chi connectivity index (χ4v) is 1.99. The summed E-state index contributed by atoms with van der Waals surface area (Å²) in [6.45, 7) is 5.16. The van der Waals surface area contributed by atoms with Gasteiger partial charge in [0, 0.05) is 6.54 Å². The van der Waals surface area contributed by atoms with Crippen LogP contribution in [0.4, 0.5) is 0 Å². The number of hydrogen-bond acceptors (Lipinski definition) is 3. The van der Waals surface area contributed by atoms with Crippen molar-refractivity contribution in [3.8, 4) is 12.3 Å². The summed E-state index contributed by atoms with van der Waals surface area (Å²) in [6.07, 6.45) is 6.92. The maximum atomic E-state index is 9.16. The summed E-state index contributed by atoms with van der Waals surface area (Å²) in [4.78, 5) is 4.25. The number of thioether (sulfide) groups is 1. The highest BCUT2D eigenvalue weighted by Crippen LogP contribution is 2.19. The van der Waals surface area contributed by atoms with Crippen LogP contribution in [0, 0.1) is 18.3 Å². The molecule has 15 heavy (non-hydrogen) atoms. The maximum absolute atomic E-state index is 9.16. The van der Waals surface area contributed by atoms with E-state index in [9.17, 15) is 0 Å². The molecule has 0 saturated carbocycles. The zero-order chi connectivity index (χ0) is 11.3. The van der Waals surface area contributed by atoms with Crippen molar-refractivity contribution >= 4 is 11.8 Å². The maximum Gasteiger partial charge on any atom is 0.169 e. The van der Waals surface area contributed by atoms with Gasteiger partial charge in [0.05, 0.1) is 24.3 Å². The Kier molecular flexibility index (Phi) is 4.73. The van der Waals surface area contributed by atoms with Crippen LogP contribution >= 0.6 is 11.8 Å². The third kappa shape index (κ3) is 3.29. The number of hydrogen-bond donors (Lipinski definition) is 1. The Morgan fingerprint density at radius 2 is 2.40 bits per heavy atom. The molecule has 1 aromatic rings. The highest BCUT2D eigenvalue weighted by Gasteiger charge is 2.10. The first-order valence-corrected chi connectivity index (χ1v) is 5.89. The summed E-state index contributed by atoms with van der Waals surface area (Å²) in [5, 5.41) is 10.1. The predicted octanol–water partition coefficient (Wildman–Crippen LogP) is 1.76. The molecule has 0 atom stereocenters. The van der Waals surface area contributed by atoms with Gasteiger partial charge in [-0.25, -0.2) is 4.98 Å². The molecule has 1 aromatic heterocycles. The van der Waals surface area contributed by atoms with E-state index < -0.39 is 0 Å². The zero-order valence-corrected chi connectivity index (χ0v) is 9.92. The van der Waals surface area contributed by atoms with Crippen molar-refractivity contribution in [1.29, 1.82) is 0 Å². The molecule has 0 aromatic carbocycles. The summed E-state index contributed by atoms with van der Waals surface area (Å²) in [5.41, 5.74) is 0.850. The minimum Gasteiger partial charge on any atom is -0.390 e. The number of terminal acetylenes is 1. The Labute approximate surface area is 94.9 Å². The molecule has 0 radical (unpaired) electrons. The van der Waals surface area contributed by atoms with Gasteiger partial charge in [-0.05, 0) is 5.92 Å². The molecule has 82 valence electrons. The van der Waals surface area contributed by atoms with E-state index in [2.05, 4.69) is 24.8 Å². The average molecular weight is 224 g/mol. The molecular weight excluding hydrogens is 208 g/mol. The van der Waals surface area contributed by atoms with Crippen LogP contribution in [0.5, 0.6) is 0 Å². The van der Waals surface area contributed by atoms with Crippen molar-refractivity contribution in [2.75, 3.05) is 5.75 Å². The van der Waals surface area contributed by atoms with Gasteiger partial charge >= 0.3 is 0 Å². The Morgan fingerprint density at radius 1 is 1.67 bits per heavy atom. The van der Waals surface area contributed by atoms with E-state index in [4.69, 9.17) is 11.5 Å². The van der Waals surface area contributed by atoms with E-state index in [0.29, 0.717) is 11.7 Å². The molecular formula is C11H16N2OS. The lowest BCUT2D eigenvalue weighted by Crippen LogP contribution is -2.09. The largest absolute Gasteiger partial charge is 0.390 e. The lowest BCUT2D eigenvalue weighted by molar-refractivity contribution is 0.266. The number of aliphatic hydroxyl groups excluding tert-OH is 1. The standard InChI is InChI=1S/C11H16N2OS/c1-4-5-15-11-12-6-10(8-14)13(11)7-9(2)3/h1,6,9,14H,5,7-8H2,2-3H3. The van der Waals surface area contributed by atoms with Crippen molar-refractivity contribution in [3.63, 3.8) is 0 Å². The fraction of sp³-hybridized carbons (Fsp3) is 0.545. The molecule has 0 spiro atoms. The first-order valence-electron chi connectivity index (χ1n) is 4.90. The first kappa shape index (κ1) is 12.2. The molecule has 3 nitrogen and oxygen atoms in total. The Hall–Kier alpha value is -0.920. The quantitative estimate of drug-likeness (QED) is 0.612. The topological polar surface area (TPSA) is 38.1 Å². The average Bonchev–Trinajstić information content (AvgIpc) is 2.57. The molecule has 0 unspecified atom stereocenters. The van der Waals surface area contributed by atoms with Gasteiger partial charge < -0.3 is 9.67 Å². The first-order chi connectivity index (χ1) is 7.19. The molecule has 0 aliphatic heterocycles. The van der Waals surface area contributed by atoms with Gasteiger partial charge in [-0.1, -0.05) is 31.5 Å². The van der Waals surface area contributed by atoms with Gasteiger partial charge in [0.2, 0.25) is 0 Å². The summed E-state index contributed by atoms with van der Waals surface area (Å²) in [6, 6.07) is 0. The molecule has 1 rings (SSSR count). The van der Waals surface area contributed by atoms with Gasteiger partial charge in [-0.15, -0.1) is 6.42 Å². The number of aromatic nitrogens is 2. The van der Waals surface area contributed by atoms with E-state index in [0.717, 1.165) is 17.4 Å². The minimum atomic E-state index is 0.0241. The van der Waals surface area contributed by atoms with E-state index >= 15 is 0 Å². The summed E-state index contributed by atoms with van der Waals surface area (Å²) < 4.78 is 2.03. The second-order valence-electron chi connectivity index (χ2n) is 3.69. The van der Waals surface area contributed by atoms with Crippen molar-refractivity contribution < 1.29 is 5.11 Å². The lowest BCUT2D eigenvalue weighted by atomic mass is 10.2. The van der Waals surface area contributed by atoms with E-state index in [-0.39, 0.29) is 6.61 Å². The number of aliphatic hydroxyl groups is 1. The molecule has 0 bridgehead atoms. The highest BCUT2D eigenvalue weighted by molar-refractivity contribution is 7.99. The smallest absolute Gasteiger partial charge is 0.169 e. The third-order valence-electron chi connectivity index (χ3n) is 1.90. The van der Waals surface area contributed by atoms with E-state index in [1.54, 1.807) is 6.20 Å². The van der Waals surface area contributed by atoms with Crippen molar-refractivity contribution in [2.24, 2.45) is 5.92 Å². The van der Waals surface area contributed by atoms with Crippen molar-refractivity contribution in [3.05, 3.63) is 11.9 Å². The predicted molar refractivity (Wildman–Crippen MR) is 62.5 cm³/mol. The molecule has 0 aliphatic rings. The van der Waals surface area contributed by atoms with Crippen LogP contribution in [0.25, 0.3) is 0 Å². The number of nitrogens with zero attached hydrogens (tertiary/aromatic N) is 2. The second kappa shape index (κ2) is 5.84. The van der Waals surface area contributed by atoms with Crippen LogP contribution in [0.1, 0.15) is 19.5 Å². The molecule has 0 fully saturated rings. The third-order valence-corrected chi connectivity index (χ3v) is 2.79.